The summed E-state index contributed by atoms with van der Waals surface area (Å²) in [4.78, 5) is 22.9. The molecule has 0 saturated carbocycles. The summed E-state index contributed by atoms with van der Waals surface area (Å²) < 4.78 is 0. The zero-order valence-corrected chi connectivity index (χ0v) is 15.9. The molecule has 3 aromatic rings. The highest BCUT2D eigenvalue weighted by Crippen LogP contribution is 2.27. The number of carbonyl (C=O) groups is 1. The van der Waals surface area contributed by atoms with Gasteiger partial charge in [-0.1, -0.05) is 60.1 Å². The first-order valence-electron chi connectivity index (χ1n) is 9.04. The summed E-state index contributed by atoms with van der Waals surface area (Å²) in [6.07, 6.45) is 3.02. The van der Waals surface area contributed by atoms with Crippen molar-refractivity contribution >= 4 is 29.0 Å². The summed E-state index contributed by atoms with van der Waals surface area (Å²) in [5.41, 5.74) is 9.76. The Bertz CT molecular complexity index is 1030. The topological polar surface area (TPSA) is 72.1 Å². The molecule has 1 aromatic heterocycles. The number of halogens is 1. The predicted octanol–water partition coefficient (Wildman–Crippen LogP) is 4.19. The van der Waals surface area contributed by atoms with E-state index in [0.717, 1.165) is 23.6 Å². The van der Waals surface area contributed by atoms with Crippen LogP contribution in [0.5, 0.6) is 0 Å². The second-order valence-electron chi connectivity index (χ2n) is 6.60. The van der Waals surface area contributed by atoms with E-state index in [2.05, 4.69) is 20.9 Å². The molecule has 2 heterocycles. The van der Waals surface area contributed by atoms with E-state index in [-0.39, 0.29) is 5.69 Å². The first-order chi connectivity index (χ1) is 13.6. The van der Waals surface area contributed by atoms with E-state index in [9.17, 15) is 4.79 Å². The molecule has 0 bridgehead atoms. The van der Waals surface area contributed by atoms with Gasteiger partial charge in [-0.05, 0) is 35.8 Å². The molecule has 0 unspecified atom stereocenters. The Labute approximate surface area is 168 Å². The maximum Gasteiger partial charge on any atom is 0.267 e. The van der Waals surface area contributed by atoms with E-state index < -0.39 is 5.91 Å². The Hall–Kier alpha value is -3.18. The Morgan fingerprint density at radius 3 is 2.39 bits per heavy atom. The Kier molecular flexibility index (Phi) is 5.08. The normalized spacial score (nSPS) is 13.9. The minimum atomic E-state index is -0.560. The number of amides is 1. The molecular weight excluding hydrogens is 372 g/mol. The third kappa shape index (κ3) is 3.89. The minimum absolute atomic E-state index is 0.219. The van der Waals surface area contributed by atoms with Gasteiger partial charge in [0.05, 0.1) is 5.69 Å². The fraction of sp³-hybridized carbons (Fsp3) is 0.136. The molecular formula is C22H19ClN4O. The van der Waals surface area contributed by atoms with Gasteiger partial charge < -0.3 is 10.6 Å². The van der Waals surface area contributed by atoms with Crippen LogP contribution >= 0.6 is 11.6 Å². The molecule has 0 fully saturated rings. The molecule has 1 amide bonds. The van der Waals surface area contributed by atoms with Crippen molar-refractivity contribution in [1.29, 1.82) is 0 Å². The molecule has 6 heteroatoms. The second-order valence-corrected chi connectivity index (χ2v) is 7.04. The first-order valence-corrected chi connectivity index (χ1v) is 9.42. The summed E-state index contributed by atoms with van der Waals surface area (Å²) in [6.45, 7) is 1.42. The number of anilines is 1. The average molecular weight is 391 g/mol. The lowest BCUT2D eigenvalue weighted by molar-refractivity contribution is 0.0995. The van der Waals surface area contributed by atoms with E-state index in [1.165, 1.54) is 11.1 Å². The van der Waals surface area contributed by atoms with E-state index in [1.54, 1.807) is 6.07 Å². The summed E-state index contributed by atoms with van der Waals surface area (Å²) in [6, 6.07) is 19.2. The lowest BCUT2D eigenvalue weighted by Crippen LogP contribution is -2.31. The van der Waals surface area contributed by atoms with Gasteiger partial charge in [0.2, 0.25) is 5.95 Å². The van der Waals surface area contributed by atoms with Gasteiger partial charge in [-0.25, -0.2) is 9.97 Å². The molecule has 2 aromatic carbocycles. The minimum Gasteiger partial charge on any atom is -0.364 e. The van der Waals surface area contributed by atoms with E-state index in [1.807, 2.05) is 54.6 Å². The lowest BCUT2D eigenvalue weighted by Gasteiger charge is -2.27. The van der Waals surface area contributed by atoms with E-state index >= 15 is 0 Å². The molecule has 1 aliphatic rings. The molecule has 140 valence electrons. The number of nitrogens with two attached hydrogens (primary N) is 1. The van der Waals surface area contributed by atoms with E-state index in [4.69, 9.17) is 17.3 Å². The van der Waals surface area contributed by atoms with Crippen LogP contribution < -0.4 is 10.6 Å². The molecule has 0 atom stereocenters. The number of primary amides is 1. The fourth-order valence-electron chi connectivity index (χ4n) is 3.24. The zero-order chi connectivity index (χ0) is 19.5. The Balaban J connectivity index is 1.63. The number of benzene rings is 2. The van der Waals surface area contributed by atoms with Crippen molar-refractivity contribution < 1.29 is 4.79 Å². The average Bonchev–Trinajstić information content (AvgIpc) is 2.75. The van der Waals surface area contributed by atoms with Crippen LogP contribution in [-0.4, -0.2) is 29.0 Å². The molecule has 28 heavy (non-hydrogen) atoms. The van der Waals surface area contributed by atoms with E-state index in [0.29, 0.717) is 18.2 Å². The van der Waals surface area contributed by atoms with Crippen molar-refractivity contribution in [2.24, 2.45) is 5.73 Å². The number of rotatable bonds is 4. The highest BCUT2D eigenvalue weighted by Gasteiger charge is 2.18. The van der Waals surface area contributed by atoms with Crippen LogP contribution in [0.15, 0.2) is 66.7 Å². The summed E-state index contributed by atoms with van der Waals surface area (Å²) >= 11 is 5.98. The summed E-state index contributed by atoms with van der Waals surface area (Å²) in [5, 5.41) is 0.729. The standard InChI is InChI=1S/C22H19ClN4O/c23-18-8-6-15(7-9-18)16-10-12-27(13-11-16)22-25-19(14-20(26-22)21(24)28)17-4-2-1-3-5-17/h1-10,14H,11-13H2,(H2,24,28). The van der Waals surface area contributed by atoms with Crippen molar-refractivity contribution in [3.05, 3.63) is 83.0 Å². The maximum atomic E-state index is 11.8. The van der Waals surface area contributed by atoms with Gasteiger partial charge in [-0.15, -0.1) is 0 Å². The molecule has 5 nitrogen and oxygen atoms in total. The smallest absolute Gasteiger partial charge is 0.267 e. The Morgan fingerprint density at radius 2 is 1.75 bits per heavy atom. The first kappa shape index (κ1) is 18.2. The molecule has 2 N–H and O–H groups in total. The number of hydrogen-bond acceptors (Lipinski definition) is 4. The molecule has 0 spiro atoms. The van der Waals surface area contributed by atoms with Crippen molar-refractivity contribution in [2.45, 2.75) is 6.42 Å². The monoisotopic (exact) mass is 390 g/mol. The lowest BCUT2D eigenvalue weighted by atomic mass is 10.00. The van der Waals surface area contributed by atoms with Crippen LogP contribution in [-0.2, 0) is 0 Å². The SMILES string of the molecule is NC(=O)c1cc(-c2ccccc2)nc(N2CC=C(c3ccc(Cl)cc3)CC2)n1. The van der Waals surface area contributed by atoms with Gasteiger partial charge >= 0.3 is 0 Å². The van der Waals surface area contributed by atoms with Crippen LogP contribution in [0.4, 0.5) is 5.95 Å². The summed E-state index contributed by atoms with van der Waals surface area (Å²) in [7, 11) is 0. The fourth-order valence-corrected chi connectivity index (χ4v) is 3.36. The predicted molar refractivity (Wildman–Crippen MR) is 112 cm³/mol. The molecule has 0 radical (unpaired) electrons. The second kappa shape index (κ2) is 7.82. The molecule has 4 rings (SSSR count). The third-order valence-corrected chi connectivity index (χ3v) is 5.00. The van der Waals surface area contributed by atoms with Crippen molar-refractivity contribution in [2.75, 3.05) is 18.0 Å². The van der Waals surface area contributed by atoms with Gasteiger partial charge in [0, 0.05) is 23.7 Å². The number of nitrogens with zero attached hydrogens (tertiary/aromatic N) is 3. The number of carbonyl (C=O) groups excluding carboxylic acids is 1. The molecule has 0 saturated heterocycles. The molecule has 0 aliphatic carbocycles. The van der Waals surface area contributed by atoms with Gasteiger partial charge in [0.1, 0.15) is 5.69 Å². The van der Waals surface area contributed by atoms with Crippen LogP contribution in [0.2, 0.25) is 5.02 Å². The van der Waals surface area contributed by atoms with Crippen LogP contribution in [0.25, 0.3) is 16.8 Å². The van der Waals surface area contributed by atoms with Gasteiger partial charge in [-0.3, -0.25) is 4.79 Å². The molecule has 1 aliphatic heterocycles. The largest absolute Gasteiger partial charge is 0.364 e. The van der Waals surface area contributed by atoms with Crippen molar-refractivity contribution in [3.8, 4) is 11.3 Å². The Morgan fingerprint density at radius 1 is 1.00 bits per heavy atom. The van der Waals surface area contributed by atoms with Crippen LogP contribution in [0.3, 0.4) is 0 Å². The van der Waals surface area contributed by atoms with Gasteiger partial charge in [0.25, 0.3) is 5.91 Å². The van der Waals surface area contributed by atoms with Crippen LogP contribution in [0, 0.1) is 0 Å². The van der Waals surface area contributed by atoms with Crippen molar-refractivity contribution in [1.82, 2.24) is 9.97 Å². The van der Waals surface area contributed by atoms with Crippen molar-refractivity contribution in [3.63, 3.8) is 0 Å². The highest BCUT2D eigenvalue weighted by molar-refractivity contribution is 6.30. The number of aromatic nitrogens is 2. The van der Waals surface area contributed by atoms with Crippen LogP contribution in [0.1, 0.15) is 22.5 Å². The van der Waals surface area contributed by atoms with Gasteiger partial charge in [-0.2, -0.15) is 0 Å². The quantitative estimate of drug-likeness (QED) is 0.725. The van der Waals surface area contributed by atoms with Gasteiger partial charge in [0.15, 0.2) is 0 Å². The highest BCUT2D eigenvalue weighted by atomic mass is 35.5. The third-order valence-electron chi connectivity index (χ3n) is 4.74. The summed E-state index contributed by atoms with van der Waals surface area (Å²) in [5.74, 6) is -0.0446. The number of hydrogen-bond donors (Lipinski definition) is 1. The maximum absolute atomic E-state index is 11.8. The zero-order valence-electron chi connectivity index (χ0n) is 15.2.